The van der Waals surface area contributed by atoms with Gasteiger partial charge in [0, 0.05) is 6.42 Å². The Hall–Kier alpha value is -1.29. The van der Waals surface area contributed by atoms with Crippen LogP contribution in [-0.2, 0) is 17.8 Å². The quantitative estimate of drug-likeness (QED) is 0.634. The third kappa shape index (κ3) is 1.10. The third-order valence-electron chi connectivity index (χ3n) is 2.07. The molecule has 1 aromatic heterocycles. The minimum atomic E-state index is -0.804. The fraction of sp³-hybridized carbons (Fsp3) is 0.375. The Bertz CT molecular complexity index is 305. The zero-order valence-electron chi connectivity index (χ0n) is 6.41. The Balaban J connectivity index is 2.20. The number of nitrogens with one attached hydrogen (secondary N) is 1. The number of carbonyl (C=O) groups is 1. The molecule has 4 heteroatoms. The molecule has 0 aliphatic carbocycles. The summed E-state index contributed by atoms with van der Waals surface area (Å²) in [6.07, 6.45) is 2.11. The molecule has 0 bridgehead atoms. The van der Waals surface area contributed by atoms with Crippen molar-refractivity contribution in [3.8, 4) is 0 Å². The van der Waals surface area contributed by atoms with Crippen LogP contribution in [-0.4, -0.2) is 17.1 Å². The molecule has 1 aliphatic heterocycles. The lowest BCUT2D eigenvalue weighted by Crippen LogP contribution is -2.41. The van der Waals surface area contributed by atoms with Crippen LogP contribution < -0.4 is 5.32 Å². The molecule has 1 aliphatic rings. The van der Waals surface area contributed by atoms with Crippen LogP contribution in [0.2, 0.25) is 0 Å². The molecule has 4 nitrogen and oxygen atoms in total. The lowest BCUT2D eigenvalue weighted by atomic mass is 10.0. The molecule has 0 aromatic carbocycles. The van der Waals surface area contributed by atoms with Crippen LogP contribution in [0.1, 0.15) is 11.3 Å². The maximum atomic E-state index is 10.6. The van der Waals surface area contributed by atoms with Crippen molar-refractivity contribution in [2.24, 2.45) is 0 Å². The molecular formula is C8H9NO3. The third-order valence-corrected chi connectivity index (χ3v) is 2.07. The molecule has 0 radical (unpaired) electrons. The van der Waals surface area contributed by atoms with Gasteiger partial charge in [-0.1, -0.05) is 0 Å². The number of furan rings is 1. The maximum Gasteiger partial charge on any atom is 0.321 e. The molecule has 64 valence electrons. The van der Waals surface area contributed by atoms with Gasteiger partial charge in [0.05, 0.1) is 12.8 Å². The molecule has 2 N–H and O–H groups in total. The molecule has 12 heavy (non-hydrogen) atoms. The topological polar surface area (TPSA) is 62.5 Å². The zero-order valence-corrected chi connectivity index (χ0v) is 6.41. The smallest absolute Gasteiger partial charge is 0.321 e. The molecule has 0 spiro atoms. The summed E-state index contributed by atoms with van der Waals surface area (Å²) in [5.41, 5.74) is 1.00. The first-order valence-corrected chi connectivity index (χ1v) is 3.79. The molecule has 2 rings (SSSR count). The number of carboxylic acids is 1. The minimum Gasteiger partial charge on any atom is -0.480 e. The second-order valence-electron chi connectivity index (χ2n) is 2.84. The molecule has 0 saturated heterocycles. The highest BCUT2D eigenvalue weighted by atomic mass is 16.4. The van der Waals surface area contributed by atoms with Gasteiger partial charge in [-0.2, -0.15) is 0 Å². The van der Waals surface area contributed by atoms with Crippen molar-refractivity contribution in [2.75, 3.05) is 0 Å². The Kier molecular flexibility index (Phi) is 1.62. The average molecular weight is 167 g/mol. The van der Waals surface area contributed by atoms with Gasteiger partial charge in [0.2, 0.25) is 0 Å². The molecule has 0 unspecified atom stereocenters. The number of rotatable bonds is 1. The van der Waals surface area contributed by atoms with E-state index in [2.05, 4.69) is 5.32 Å². The molecular weight excluding hydrogens is 158 g/mol. The number of hydrogen-bond donors (Lipinski definition) is 2. The molecule has 2 heterocycles. The monoisotopic (exact) mass is 167 g/mol. The second-order valence-corrected chi connectivity index (χ2v) is 2.84. The van der Waals surface area contributed by atoms with Crippen LogP contribution in [0, 0.1) is 0 Å². The first-order chi connectivity index (χ1) is 5.77. The van der Waals surface area contributed by atoms with Gasteiger partial charge >= 0.3 is 5.97 Å². The summed E-state index contributed by atoms with van der Waals surface area (Å²) in [7, 11) is 0. The van der Waals surface area contributed by atoms with Gasteiger partial charge < -0.3 is 9.52 Å². The van der Waals surface area contributed by atoms with Crippen molar-refractivity contribution in [3.05, 3.63) is 23.7 Å². The second kappa shape index (κ2) is 2.64. The maximum absolute atomic E-state index is 10.6. The highest BCUT2D eigenvalue weighted by Crippen LogP contribution is 2.17. The predicted molar refractivity (Wildman–Crippen MR) is 40.7 cm³/mol. The van der Waals surface area contributed by atoms with E-state index in [1.165, 1.54) is 0 Å². The molecule has 1 atom stereocenters. The number of aliphatic carboxylic acids is 1. The summed E-state index contributed by atoms with van der Waals surface area (Å²) in [6, 6.07) is 1.36. The highest BCUT2D eigenvalue weighted by molar-refractivity contribution is 5.74. The van der Waals surface area contributed by atoms with E-state index in [4.69, 9.17) is 9.52 Å². The normalized spacial score (nSPS) is 21.8. The van der Waals surface area contributed by atoms with E-state index < -0.39 is 12.0 Å². The standard InChI is InChI=1S/C8H9NO3/c10-8(11)6-3-5-1-2-12-7(5)4-9-6/h1-2,6,9H,3-4H2,(H,10,11)/t6-/m1/s1. The first kappa shape index (κ1) is 7.36. The van der Waals surface area contributed by atoms with E-state index in [1.807, 2.05) is 6.07 Å². The van der Waals surface area contributed by atoms with Gasteiger partial charge in [-0.15, -0.1) is 0 Å². The van der Waals surface area contributed by atoms with Crippen LogP contribution in [0.5, 0.6) is 0 Å². The van der Waals surface area contributed by atoms with Gasteiger partial charge in [0.1, 0.15) is 11.8 Å². The Morgan fingerprint density at radius 1 is 1.75 bits per heavy atom. The minimum absolute atomic E-state index is 0.463. The zero-order chi connectivity index (χ0) is 8.55. The van der Waals surface area contributed by atoms with Crippen molar-refractivity contribution < 1.29 is 14.3 Å². The van der Waals surface area contributed by atoms with E-state index in [0.29, 0.717) is 13.0 Å². The summed E-state index contributed by atoms with van der Waals surface area (Å²) >= 11 is 0. The summed E-state index contributed by atoms with van der Waals surface area (Å²) in [4.78, 5) is 10.6. The van der Waals surface area contributed by atoms with E-state index in [1.54, 1.807) is 6.26 Å². The van der Waals surface area contributed by atoms with E-state index >= 15 is 0 Å². The highest BCUT2D eigenvalue weighted by Gasteiger charge is 2.24. The van der Waals surface area contributed by atoms with E-state index in [0.717, 1.165) is 11.3 Å². The lowest BCUT2D eigenvalue weighted by Gasteiger charge is -2.18. The van der Waals surface area contributed by atoms with Crippen molar-refractivity contribution in [1.82, 2.24) is 5.32 Å². The summed E-state index contributed by atoms with van der Waals surface area (Å²) in [5, 5.41) is 11.6. The number of carboxylic acid groups (broad SMARTS) is 1. The predicted octanol–water partition coefficient (Wildman–Crippen LogP) is 0.379. The van der Waals surface area contributed by atoms with E-state index in [-0.39, 0.29) is 0 Å². The summed E-state index contributed by atoms with van der Waals surface area (Å²) in [6.45, 7) is 0.513. The van der Waals surface area contributed by atoms with Crippen LogP contribution >= 0.6 is 0 Å². The lowest BCUT2D eigenvalue weighted by molar-refractivity contribution is -0.139. The number of fused-ring (bicyclic) bond motifs is 1. The van der Waals surface area contributed by atoms with Gasteiger partial charge in [0.25, 0.3) is 0 Å². The van der Waals surface area contributed by atoms with Crippen LogP contribution in [0.25, 0.3) is 0 Å². The van der Waals surface area contributed by atoms with Crippen LogP contribution in [0.4, 0.5) is 0 Å². The average Bonchev–Trinajstić information content (AvgIpc) is 2.49. The van der Waals surface area contributed by atoms with E-state index in [9.17, 15) is 4.79 Å². The Morgan fingerprint density at radius 2 is 2.58 bits per heavy atom. The fourth-order valence-corrected chi connectivity index (χ4v) is 1.39. The van der Waals surface area contributed by atoms with Crippen LogP contribution in [0.15, 0.2) is 16.7 Å². The molecule has 0 fully saturated rings. The van der Waals surface area contributed by atoms with Gasteiger partial charge in [-0.05, 0) is 11.6 Å². The summed E-state index contributed by atoms with van der Waals surface area (Å²) < 4.78 is 5.13. The van der Waals surface area contributed by atoms with Crippen molar-refractivity contribution in [2.45, 2.75) is 19.0 Å². The first-order valence-electron chi connectivity index (χ1n) is 3.79. The fourth-order valence-electron chi connectivity index (χ4n) is 1.39. The summed E-state index contributed by atoms with van der Waals surface area (Å²) in [5.74, 6) is 0.0503. The van der Waals surface area contributed by atoms with Crippen molar-refractivity contribution >= 4 is 5.97 Å². The molecule has 0 amide bonds. The van der Waals surface area contributed by atoms with Crippen LogP contribution in [0.3, 0.4) is 0 Å². The van der Waals surface area contributed by atoms with Gasteiger partial charge in [0.15, 0.2) is 0 Å². The Labute approximate surface area is 69.2 Å². The molecule has 0 saturated carbocycles. The van der Waals surface area contributed by atoms with Gasteiger partial charge in [-0.25, -0.2) is 0 Å². The largest absolute Gasteiger partial charge is 0.480 e. The molecule has 1 aromatic rings. The Morgan fingerprint density at radius 3 is 3.33 bits per heavy atom. The van der Waals surface area contributed by atoms with Crippen molar-refractivity contribution in [3.63, 3.8) is 0 Å². The van der Waals surface area contributed by atoms with Gasteiger partial charge in [-0.3, -0.25) is 10.1 Å². The SMILES string of the molecule is O=C(O)[C@H]1Cc2ccoc2CN1. The van der Waals surface area contributed by atoms with Crippen molar-refractivity contribution in [1.29, 1.82) is 0 Å². The number of hydrogen-bond acceptors (Lipinski definition) is 3.